The first kappa shape index (κ1) is 22.9. The van der Waals surface area contributed by atoms with Crippen LogP contribution in [-0.4, -0.2) is 54.1 Å². The Morgan fingerprint density at radius 2 is 1.81 bits per heavy atom. The molecule has 0 saturated carbocycles. The Hall–Kier alpha value is -2.12. The van der Waals surface area contributed by atoms with Crippen LogP contribution in [0.3, 0.4) is 0 Å². The zero-order chi connectivity index (χ0) is 20.4. The van der Waals surface area contributed by atoms with Crippen LogP contribution in [0.2, 0.25) is 0 Å². The first-order valence-electron chi connectivity index (χ1n) is 9.59. The van der Waals surface area contributed by atoms with Crippen LogP contribution in [0.4, 0.5) is 4.79 Å². The van der Waals surface area contributed by atoms with Crippen molar-refractivity contribution >= 4 is 23.9 Å². The number of aliphatic imine (C=N–C) groups is 1. The van der Waals surface area contributed by atoms with E-state index in [4.69, 9.17) is 9.47 Å². The third-order valence-electron chi connectivity index (χ3n) is 3.92. The summed E-state index contributed by atoms with van der Waals surface area (Å²) >= 11 is 0. The first-order chi connectivity index (χ1) is 12.6. The highest BCUT2D eigenvalue weighted by Crippen LogP contribution is 2.12. The molecule has 1 aliphatic heterocycles. The summed E-state index contributed by atoms with van der Waals surface area (Å²) in [4.78, 5) is 41.6. The van der Waals surface area contributed by atoms with Gasteiger partial charge in [-0.15, -0.1) is 4.99 Å². The highest BCUT2D eigenvalue weighted by molar-refractivity contribution is 6.01. The molecule has 0 radical (unpaired) electrons. The number of rotatable bonds is 0. The van der Waals surface area contributed by atoms with Gasteiger partial charge in [-0.3, -0.25) is 14.9 Å². The van der Waals surface area contributed by atoms with Crippen molar-refractivity contribution < 1.29 is 23.9 Å². The monoisotopic (exact) mass is 383 g/mol. The smallest absolute Gasteiger partial charge is 0.437 e. The van der Waals surface area contributed by atoms with E-state index in [1.54, 1.807) is 27.8 Å². The van der Waals surface area contributed by atoms with E-state index in [-0.39, 0.29) is 24.5 Å². The summed E-state index contributed by atoms with van der Waals surface area (Å²) in [7, 11) is 1.56. The van der Waals surface area contributed by atoms with Crippen molar-refractivity contribution in [3.8, 4) is 0 Å². The first-order valence-corrected chi connectivity index (χ1v) is 9.59. The maximum Gasteiger partial charge on any atom is 0.437 e. The molecule has 1 N–H and O–H groups in total. The third kappa shape index (κ3) is 10.6. The topological polar surface area (TPSA) is 97.3 Å². The lowest BCUT2D eigenvalue weighted by Gasteiger charge is -2.23. The summed E-state index contributed by atoms with van der Waals surface area (Å²) in [6.07, 6.45) is 4.94. The van der Waals surface area contributed by atoms with Crippen molar-refractivity contribution in [1.82, 2.24) is 10.2 Å². The van der Waals surface area contributed by atoms with E-state index in [2.05, 4.69) is 10.3 Å². The van der Waals surface area contributed by atoms with Gasteiger partial charge >= 0.3 is 12.1 Å². The molecule has 1 fully saturated rings. The van der Waals surface area contributed by atoms with E-state index in [0.717, 1.165) is 38.5 Å². The van der Waals surface area contributed by atoms with Crippen molar-refractivity contribution in [1.29, 1.82) is 0 Å². The van der Waals surface area contributed by atoms with Gasteiger partial charge < -0.3 is 14.4 Å². The molecule has 1 atom stereocenters. The lowest BCUT2D eigenvalue weighted by Crippen LogP contribution is -2.45. The molecule has 0 aromatic carbocycles. The van der Waals surface area contributed by atoms with Gasteiger partial charge in [-0.2, -0.15) is 0 Å². The van der Waals surface area contributed by atoms with Crippen LogP contribution in [-0.2, 0) is 19.1 Å². The van der Waals surface area contributed by atoms with Crippen molar-refractivity contribution in [2.75, 3.05) is 13.6 Å². The molecule has 0 aromatic rings. The highest BCUT2D eigenvalue weighted by atomic mass is 16.6. The fraction of sp³-hybridized carbons (Fsp3) is 0.789. The van der Waals surface area contributed by atoms with Gasteiger partial charge in [-0.25, -0.2) is 4.79 Å². The van der Waals surface area contributed by atoms with Crippen LogP contribution in [0.25, 0.3) is 0 Å². The summed E-state index contributed by atoms with van der Waals surface area (Å²) in [6.45, 7) is 6.91. The zero-order valence-corrected chi connectivity index (χ0v) is 17.2. The van der Waals surface area contributed by atoms with Crippen LogP contribution in [0.15, 0.2) is 4.99 Å². The molecule has 1 aliphatic rings. The fourth-order valence-electron chi connectivity index (χ4n) is 2.60. The van der Waals surface area contributed by atoms with Crippen molar-refractivity contribution in [3.05, 3.63) is 0 Å². The van der Waals surface area contributed by atoms with Crippen molar-refractivity contribution in [2.24, 2.45) is 4.99 Å². The lowest BCUT2D eigenvalue weighted by atomic mass is 10.1. The Kier molecular flexibility index (Phi) is 9.25. The summed E-state index contributed by atoms with van der Waals surface area (Å²) in [5, 5.41) is 2.61. The number of esters is 1. The van der Waals surface area contributed by atoms with Gasteiger partial charge in [0.15, 0.2) is 0 Å². The SMILES string of the molecule is CC1CCCCCCCC(=O)NC(=NC(=O)OC(C)(C)C)N(C)CC(=O)O1. The summed E-state index contributed by atoms with van der Waals surface area (Å²) in [6, 6.07) is 0. The van der Waals surface area contributed by atoms with Gasteiger partial charge in [0.25, 0.3) is 0 Å². The second kappa shape index (κ2) is 10.9. The summed E-state index contributed by atoms with van der Waals surface area (Å²) < 4.78 is 10.6. The van der Waals surface area contributed by atoms with E-state index < -0.39 is 17.7 Å². The molecule has 27 heavy (non-hydrogen) atoms. The molecule has 0 aliphatic carbocycles. The molecule has 1 rings (SSSR count). The van der Waals surface area contributed by atoms with Gasteiger partial charge in [0.1, 0.15) is 12.1 Å². The average molecular weight is 383 g/mol. The van der Waals surface area contributed by atoms with Gasteiger partial charge in [0, 0.05) is 13.5 Å². The minimum absolute atomic E-state index is 0.0197. The number of cyclic esters (lactones) is 1. The molecule has 1 heterocycles. The molecule has 1 saturated heterocycles. The summed E-state index contributed by atoms with van der Waals surface area (Å²) in [5.74, 6) is -0.708. The Balaban J connectivity index is 2.92. The number of guanidine groups is 1. The predicted molar refractivity (Wildman–Crippen MR) is 102 cm³/mol. The number of hydrogen-bond donors (Lipinski definition) is 1. The minimum atomic E-state index is -0.829. The number of nitrogens with zero attached hydrogens (tertiary/aromatic N) is 2. The zero-order valence-electron chi connectivity index (χ0n) is 17.2. The number of carbonyl (C=O) groups excluding carboxylic acids is 3. The summed E-state index contributed by atoms with van der Waals surface area (Å²) in [5.41, 5.74) is -0.710. The van der Waals surface area contributed by atoms with Gasteiger partial charge in [-0.05, 0) is 47.0 Å². The molecule has 154 valence electrons. The Morgan fingerprint density at radius 3 is 2.48 bits per heavy atom. The quantitative estimate of drug-likeness (QED) is 0.646. The molecule has 0 spiro atoms. The Labute approximate surface area is 161 Å². The highest BCUT2D eigenvalue weighted by Gasteiger charge is 2.21. The number of ether oxygens (including phenoxy) is 2. The second-order valence-electron chi connectivity index (χ2n) is 7.93. The van der Waals surface area contributed by atoms with Crippen LogP contribution in [0.1, 0.15) is 72.6 Å². The number of likely N-dealkylation sites (N-methyl/N-ethyl adjacent to an activating group) is 1. The predicted octanol–water partition coefficient (Wildman–Crippen LogP) is 3.00. The molecular formula is C19H33N3O5. The second-order valence-corrected chi connectivity index (χ2v) is 7.93. The third-order valence-corrected chi connectivity index (χ3v) is 3.92. The molecule has 0 bridgehead atoms. The van der Waals surface area contributed by atoms with Crippen LogP contribution < -0.4 is 5.32 Å². The van der Waals surface area contributed by atoms with E-state index in [0.29, 0.717) is 6.42 Å². The van der Waals surface area contributed by atoms with Crippen LogP contribution in [0, 0.1) is 0 Å². The Morgan fingerprint density at radius 1 is 1.19 bits per heavy atom. The van der Waals surface area contributed by atoms with Gasteiger partial charge in [-0.1, -0.05) is 19.3 Å². The Bertz CT molecular complexity index is 554. The van der Waals surface area contributed by atoms with E-state index in [1.807, 2.05) is 6.92 Å². The number of carbonyl (C=O) groups is 3. The number of nitrogens with one attached hydrogen (secondary N) is 1. The fourth-order valence-corrected chi connectivity index (χ4v) is 2.60. The molecule has 8 heteroatoms. The van der Waals surface area contributed by atoms with Crippen LogP contribution >= 0.6 is 0 Å². The van der Waals surface area contributed by atoms with Crippen molar-refractivity contribution in [3.63, 3.8) is 0 Å². The lowest BCUT2D eigenvalue weighted by molar-refractivity contribution is -0.148. The largest absolute Gasteiger partial charge is 0.461 e. The normalized spacial score (nSPS) is 23.1. The number of hydrogen-bond acceptors (Lipinski definition) is 5. The maximum atomic E-state index is 12.2. The standard InChI is InChI=1S/C19H33N3O5/c1-14-11-9-7-6-8-10-12-15(23)20-17(22(5)13-16(24)26-14)21-18(25)27-19(2,3)4/h14H,6-13H2,1-5H3,(H,20,21,23,25). The maximum absolute atomic E-state index is 12.2. The molecule has 0 aromatic heterocycles. The number of amides is 2. The van der Waals surface area contributed by atoms with E-state index in [9.17, 15) is 14.4 Å². The minimum Gasteiger partial charge on any atom is -0.461 e. The molecular weight excluding hydrogens is 350 g/mol. The van der Waals surface area contributed by atoms with Crippen molar-refractivity contribution in [2.45, 2.75) is 84.3 Å². The van der Waals surface area contributed by atoms with Gasteiger partial charge in [0.05, 0.1) is 6.10 Å². The molecule has 2 amide bonds. The molecule has 1 unspecified atom stereocenters. The van der Waals surface area contributed by atoms with Gasteiger partial charge in [0.2, 0.25) is 11.9 Å². The molecule has 8 nitrogen and oxygen atoms in total. The average Bonchev–Trinajstić information content (AvgIpc) is 2.50. The van der Waals surface area contributed by atoms with E-state index >= 15 is 0 Å². The van der Waals surface area contributed by atoms with Crippen LogP contribution in [0.5, 0.6) is 0 Å². The van der Waals surface area contributed by atoms with E-state index in [1.165, 1.54) is 4.90 Å².